The first-order chi connectivity index (χ1) is 11.9. The molecule has 3 atom stereocenters. The van der Waals surface area contributed by atoms with Gasteiger partial charge >= 0.3 is 0 Å². The number of halogens is 1. The molecule has 0 aromatic heterocycles. The molecule has 132 valence electrons. The number of carbonyl (C=O) groups excluding carboxylic acids is 1. The lowest BCUT2D eigenvalue weighted by Crippen LogP contribution is -2.48. The number of rotatable bonds is 3. The Balaban J connectivity index is 2.04. The standard InChI is InChI=1S/C21H25ClN2O/c1-5-16-12-17(22)10-11-19(16)23-21-13(2)14(3)24(15(4)25)20-9-7-6-8-18(20)21/h6-14,21,23H,5H2,1-4H3/t13-,14-,21+/m0/s1. The molecule has 25 heavy (non-hydrogen) atoms. The van der Waals surface area contributed by atoms with Gasteiger partial charge in [0.2, 0.25) is 5.91 Å². The van der Waals surface area contributed by atoms with Gasteiger partial charge in [-0.3, -0.25) is 4.79 Å². The van der Waals surface area contributed by atoms with Crippen LogP contribution < -0.4 is 10.2 Å². The van der Waals surface area contributed by atoms with Crippen LogP contribution in [0.3, 0.4) is 0 Å². The van der Waals surface area contributed by atoms with Crippen molar-refractivity contribution >= 4 is 28.9 Å². The molecule has 1 amide bonds. The third-order valence-corrected chi connectivity index (χ3v) is 5.56. The van der Waals surface area contributed by atoms with E-state index in [1.54, 1.807) is 6.92 Å². The minimum absolute atomic E-state index is 0.0889. The summed E-state index contributed by atoms with van der Waals surface area (Å²) in [4.78, 5) is 14.1. The van der Waals surface area contributed by atoms with Crippen molar-refractivity contribution in [1.82, 2.24) is 0 Å². The fourth-order valence-corrected chi connectivity index (χ4v) is 4.01. The molecule has 2 aromatic carbocycles. The van der Waals surface area contributed by atoms with Crippen molar-refractivity contribution in [3.05, 3.63) is 58.6 Å². The van der Waals surface area contributed by atoms with Gasteiger partial charge in [0.25, 0.3) is 0 Å². The van der Waals surface area contributed by atoms with Gasteiger partial charge in [-0.2, -0.15) is 0 Å². The van der Waals surface area contributed by atoms with Gasteiger partial charge in [0.1, 0.15) is 0 Å². The third-order valence-electron chi connectivity index (χ3n) is 5.32. The van der Waals surface area contributed by atoms with Crippen LogP contribution in [0, 0.1) is 5.92 Å². The first-order valence-electron chi connectivity index (χ1n) is 8.87. The molecule has 1 aliphatic rings. The summed E-state index contributed by atoms with van der Waals surface area (Å²) in [6.07, 6.45) is 0.917. The van der Waals surface area contributed by atoms with Gasteiger partial charge in [0.05, 0.1) is 6.04 Å². The van der Waals surface area contributed by atoms with Crippen molar-refractivity contribution in [3.63, 3.8) is 0 Å². The number of benzene rings is 2. The second-order valence-electron chi connectivity index (χ2n) is 6.82. The van der Waals surface area contributed by atoms with Crippen molar-refractivity contribution in [2.24, 2.45) is 5.92 Å². The molecule has 0 spiro atoms. The zero-order chi connectivity index (χ0) is 18.1. The number of anilines is 2. The predicted molar refractivity (Wildman–Crippen MR) is 105 cm³/mol. The number of amides is 1. The van der Waals surface area contributed by atoms with Gasteiger partial charge in [-0.1, -0.05) is 43.6 Å². The van der Waals surface area contributed by atoms with E-state index in [2.05, 4.69) is 38.2 Å². The van der Waals surface area contributed by atoms with Gasteiger partial charge in [0, 0.05) is 35.3 Å². The summed E-state index contributed by atoms with van der Waals surface area (Å²) in [6.45, 7) is 8.10. The molecular weight excluding hydrogens is 332 g/mol. The quantitative estimate of drug-likeness (QED) is 0.793. The van der Waals surface area contributed by atoms with E-state index >= 15 is 0 Å². The molecule has 0 radical (unpaired) electrons. The van der Waals surface area contributed by atoms with Crippen molar-refractivity contribution in [3.8, 4) is 0 Å². The van der Waals surface area contributed by atoms with Gasteiger partial charge in [-0.15, -0.1) is 0 Å². The Morgan fingerprint density at radius 2 is 1.92 bits per heavy atom. The molecule has 3 nitrogen and oxygen atoms in total. The van der Waals surface area contributed by atoms with E-state index in [0.717, 1.165) is 22.8 Å². The van der Waals surface area contributed by atoms with E-state index in [1.807, 2.05) is 35.2 Å². The van der Waals surface area contributed by atoms with Gasteiger partial charge in [-0.25, -0.2) is 0 Å². The summed E-state index contributed by atoms with van der Waals surface area (Å²) in [7, 11) is 0. The monoisotopic (exact) mass is 356 g/mol. The molecule has 0 bridgehead atoms. The van der Waals surface area contributed by atoms with E-state index in [9.17, 15) is 4.79 Å². The zero-order valence-electron chi connectivity index (χ0n) is 15.2. The van der Waals surface area contributed by atoms with Crippen LogP contribution in [0.5, 0.6) is 0 Å². The number of hydrogen-bond acceptors (Lipinski definition) is 2. The van der Waals surface area contributed by atoms with Crippen LogP contribution in [0.1, 0.15) is 44.9 Å². The Bertz CT molecular complexity index is 789. The molecule has 0 unspecified atom stereocenters. The maximum Gasteiger partial charge on any atom is 0.224 e. The van der Waals surface area contributed by atoms with Crippen molar-refractivity contribution in [2.75, 3.05) is 10.2 Å². The van der Waals surface area contributed by atoms with E-state index < -0.39 is 0 Å². The molecule has 0 aliphatic carbocycles. The highest BCUT2D eigenvalue weighted by molar-refractivity contribution is 6.30. The molecule has 1 heterocycles. The van der Waals surface area contributed by atoms with E-state index in [0.29, 0.717) is 0 Å². The van der Waals surface area contributed by atoms with Gasteiger partial charge in [0.15, 0.2) is 0 Å². The normalized spacial score (nSPS) is 22.4. The molecule has 2 aromatic rings. The number of fused-ring (bicyclic) bond motifs is 1. The van der Waals surface area contributed by atoms with Crippen LogP contribution in [-0.4, -0.2) is 11.9 Å². The SMILES string of the molecule is CCc1cc(Cl)ccc1N[C@H]1c2ccccc2N(C(C)=O)[C@@H](C)[C@@H]1C. The zero-order valence-corrected chi connectivity index (χ0v) is 16.0. The molecule has 1 N–H and O–H groups in total. The van der Waals surface area contributed by atoms with E-state index in [1.165, 1.54) is 11.1 Å². The van der Waals surface area contributed by atoms with Gasteiger partial charge in [-0.05, 0) is 48.7 Å². The highest BCUT2D eigenvalue weighted by atomic mass is 35.5. The number of para-hydroxylation sites is 1. The largest absolute Gasteiger partial charge is 0.378 e. The number of nitrogens with one attached hydrogen (secondary N) is 1. The number of carbonyl (C=O) groups is 1. The predicted octanol–water partition coefficient (Wildman–Crippen LogP) is 5.45. The molecule has 4 heteroatoms. The van der Waals surface area contributed by atoms with Crippen LogP contribution in [0.2, 0.25) is 5.02 Å². The number of hydrogen-bond donors (Lipinski definition) is 1. The number of nitrogens with zero attached hydrogens (tertiary/aromatic N) is 1. The molecular formula is C21H25ClN2O. The summed E-state index contributed by atoms with van der Waals surface area (Å²) in [5.41, 5.74) is 4.49. The molecule has 0 fully saturated rings. The van der Waals surface area contributed by atoms with Crippen LogP contribution in [0.15, 0.2) is 42.5 Å². The third kappa shape index (κ3) is 3.25. The highest BCUT2D eigenvalue weighted by Gasteiger charge is 2.37. The van der Waals surface area contributed by atoms with Crippen LogP contribution in [-0.2, 0) is 11.2 Å². The highest BCUT2D eigenvalue weighted by Crippen LogP contribution is 2.42. The fourth-order valence-electron chi connectivity index (χ4n) is 3.81. The molecule has 0 saturated heterocycles. The summed E-state index contributed by atoms with van der Waals surface area (Å²) in [6, 6.07) is 14.5. The minimum atomic E-state index is 0.0889. The average molecular weight is 357 g/mol. The summed E-state index contributed by atoms with van der Waals surface area (Å²) >= 11 is 6.15. The Morgan fingerprint density at radius 1 is 1.20 bits per heavy atom. The fraction of sp³-hybridized carbons (Fsp3) is 0.381. The van der Waals surface area contributed by atoms with Crippen LogP contribution >= 0.6 is 11.6 Å². The number of aryl methyl sites for hydroxylation is 1. The Morgan fingerprint density at radius 3 is 2.60 bits per heavy atom. The summed E-state index contributed by atoms with van der Waals surface area (Å²) < 4.78 is 0. The Labute approximate surface area is 155 Å². The van der Waals surface area contributed by atoms with Crippen molar-refractivity contribution in [1.29, 1.82) is 0 Å². The lowest BCUT2D eigenvalue weighted by molar-refractivity contribution is -0.117. The van der Waals surface area contributed by atoms with E-state index in [4.69, 9.17) is 11.6 Å². The smallest absolute Gasteiger partial charge is 0.224 e. The van der Waals surface area contributed by atoms with E-state index in [-0.39, 0.29) is 23.9 Å². The molecule has 3 rings (SSSR count). The Kier molecular flexibility index (Phi) is 5.05. The topological polar surface area (TPSA) is 32.3 Å². The lowest BCUT2D eigenvalue weighted by Gasteiger charge is -2.44. The average Bonchev–Trinajstić information content (AvgIpc) is 2.59. The molecule has 0 saturated carbocycles. The van der Waals surface area contributed by atoms with Crippen molar-refractivity contribution < 1.29 is 4.79 Å². The van der Waals surface area contributed by atoms with Crippen LogP contribution in [0.25, 0.3) is 0 Å². The maximum absolute atomic E-state index is 12.2. The molecule has 1 aliphatic heterocycles. The lowest BCUT2D eigenvalue weighted by atomic mass is 9.82. The summed E-state index contributed by atoms with van der Waals surface area (Å²) in [5.74, 6) is 0.366. The second-order valence-corrected chi connectivity index (χ2v) is 7.26. The second kappa shape index (κ2) is 7.09. The van der Waals surface area contributed by atoms with Crippen molar-refractivity contribution in [2.45, 2.75) is 46.2 Å². The maximum atomic E-state index is 12.2. The van der Waals surface area contributed by atoms with Crippen LogP contribution in [0.4, 0.5) is 11.4 Å². The minimum Gasteiger partial charge on any atom is -0.378 e. The summed E-state index contributed by atoms with van der Waals surface area (Å²) in [5, 5.41) is 4.49. The van der Waals surface area contributed by atoms with Gasteiger partial charge < -0.3 is 10.2 Å². The Hall–Kier alpha value is -2.00. The first kappa shape index (κ1) is 17.8. The first-order valence-corrected chi connectivity index (χ1v) is 9.25.